The summed E-state index contributed by atoms with van der Waals surface area (Å²) in [5.41, 5.74) is -0.591. The number of guanidine groups is 1. The van der Waals surface area contributed by atoms with Crippen LogP contribution in [0.5, 0.6) is 0 Å². The molecule has 2 saturated heterocycles. The molecule has 0 amide bonds. The molecule has 26 heavy (non-hydrogen) atoms. The Kier molecular flexibility index (Phi) is 7.69. The molecule has 8 nitrogen and oxygen atoms in total. The van der Waals surface area contributed by atoms with Gasteiger partial charge in [-0.2, -0.15) is 0 Å². The van der Waals surface area contributed by atoms with Crippen molar-refractivity contribution in [2.45, 2.75) is 57.3 Å². The maximum Gasteiger partial charge on any atom is 0.209 e. The lowest BCUT2D eigenvalue weighted by atomic mass is 10.1. The maximum atomic E-state index is 11.5. The molecule has 9 heteroatoms. The summed E-state index contributed by atoms with van der Waals surface area (Å²) in [7, 11) is -1.50. The Morgan fingerprint density at radius 2 is 2.00 bits per heavy atom. The molecule has 0 bridgehead atoms. The normalized spacial score (nSPS) is 23.5. The van der Waals surface area contributed by atoms with Gasteiger partial charge in [0, 0.05) is 38.8 Å². The number of rotatable bonds is 7. The molecule has 1 atom stereocenters. The van der Waals surface area contributed by atoms with E-state index in [-0.39, 0.29) is 12.2 Å². The fourth-order valence-electron chi connectivity index (χ4n) is 3.42. The molecule has 2 rings (SSSR count). The van der Waals surface area contributed by atoms with Crippen molar-refractivity contribution in [1.82, 2.24) is 14.9 Å². The lowest BCUT2D eigenvalue weighted by Crippen LogP contribution is -2.54. The molecule has 2 heterocycles. The summed E-state index contributed by atoms with van der Waals surface area (Å²) < 4.78 is 37.2. The predicted molar refractivity (Wildman–Crippen MR) is 103 cm³/mol. The molecule has 0 spiro atoms. The van der Waals surface area contributed by atoms with Crippen molar-refractivity contribution in [3.8, 4) is 0 Å². The summed E-state index contributed by atoms with van der Waals surface area (Å²) in [6, 6.07) is 0. The second kappa shape index (κ2) is 9.34. The minimum absolute atomic E-state index is 0.270. The van der Waals surface area contributed by atoms with Gasteiger partial charge in [0.1, 0.15) is 0 Å². The fourth-order valence-corrected chi connectivity index (χ4v) is 4.50. The number of hydrogen-bond acceptors (Lipinski definition) is 5. The van der Waals surface area contributed by atoms with Crippen molar-refractivity contribution in [3.05, 3.63) is 0 Å². The topological polar surface area (TPSA) is 92.3 Å². The van der Waals surface area contributed by atoms with Gasteiger partial charge in [0.25, 0.3) is 0 Å². The highest BCUT2D eigenvalue weighted by atomic mass is 32.2. The van der Waals surface area contributed by atoms with Gasteiger partial charge in [-0.25, -0.2) is 13.1 Å². The third-order valence-corrected chi connectivity index (χ3v) is 5.57. The highest BCUT2D eigenvalue weighted by Gasteiger charge is 2.26. The number of likely N-dealkylation sites (tertiary alicyclic amines) is 1. The van der Waals surface area contributed by atoms with Crippen molar-refractivity contribution < 1.29 is 17.9 Å². The van der Waals surface area contributed by atoms with E-state index in [1.54, 1.807) is 7.05 Å². The molecular formula is C17H34N4O4S. The fraction of sp³-hybridized carbons (Fsp3) is 0.941. The summed E-state index contributed by atoms with van der Waals surface area (Å²) in [5, 5.41) is 3.28. The molecule has 0 aromatic carbocycles. The number of nitrogens with one attached hydrogen (secondary N) is 2. The SMILES string of the molecule is CN=C(NCC(C)(C)NS(C)(=O)=O)N1CCC(OCC2CCCO2)CC1. The van der Waals surface area contributed by atoms with Crippen molar-refractivity contribution in [2.75, 3.05) is 46.2 Å². The predicted octanol–water partition coefficient (Wildman–Crippen LogP) is 0.550. The van der Waals surface area contributed by atoms with Crippen LogP contribution in [-0.2, 0) is 19.5 Å². The average molecular weight is 391 g/mol. The molecule has 0 saturated carbocycles. The number of piperidine rings is 1. The van der Waals surface area contributed by atoms with Gasteiger partial charge in [-0.15, -0.1) is 0 Å². The number of nitrogens with zero attached hydrogens (tertiary/aromatic N) is 2. The molecule has 2 aliphatic heterocycles. The molecule has 1 unspecified atom stereocenters. The monoisotopic (exact) mass is 390 g/mol. The van der Waals surface area contributed by atoms with Gasteiger partial charge in [-0.1, -0.05) is 0 Å². The van der Waals surface area contributed by atoms with Crippen molar-refractivity contribution in [1.29, 1.82) is 0 Å². The Morgan fingerprint density at radius 3 is 2.54 bits per heavy atom. The lowest BCUT2D eigenvalue weighted by Gasteiger charge is -2.35. The lowest BCUT2D eigenvalue weighted by molar-refractivity contribution is -0.0367. The Hall–Kier alpha value is -0.900. The van der Waals surface area contributed by atoms with Crippen molar-refractivity contribution in [2.24, 2.45) is 4.99 Å². The number of hydrogen-bond donors (Lipinski definition) is 2. The molecule has 2 N–H and O–H groups in total. The van der Waals surface area contributed by atoms with Crippen LogP contribution in [0.1, 0.15) is 39.5 Å². The van der Waals surface area contributed by atoms with Crippen LogP contribution in [0.4, 0.5) is 0 Å². The number of ether oxygens (including phenoxy) is 2. The van der Waals surface area contributed by atoms with Gasteiger partial charge < -0.3 is 19.7 Å². The van der Waals surface area contributed by atoms with Gasteiger partial charge in [-0.05, 0) is 39.5 Å². The first-order valence-electron chi connectivity index (χ1n) is 9.36. The van der Waals surface area contributed by atoms with E-state index in [2.05, 4.69) is 19.9 Å². The van der Waals surface area contributed by atoms with Gasteiger partial charge in [0.15, 0.2) is 5.96 Å². The van der Waals surface area contributed by atoms with Crippen molar-refractivity contribution >= 4 is 16.0 Å². The second-order valence-electron chi connectivity index (χ2n) is 7.81. The van der Waals surface area contributed by atoms with Crippen LogP contribution >= 0.6 is 0 Å². The van der Waals surface area contributed by atoms with E-state index in [0.717, 1.165) is 51.3 Å². The zero-order chi connectivity index (χ0) is 19.2. The molecule has 0 aliphatic carbocycles. The van der Waals surface area contributed by atoms with Crippen molar-refractivity contribution in [3.63, 3.8) is 0 Å². The number of sulfonamides is 1. The third kappa shape index (κ3) is 7.38. The maximum absolute atomic E-state index is 11.5. The van der Waals surface area contributed by atoms with E-state index in [0.29, 0.717) is 13.2 Å². The Morgan fingerprint density at radius 1 is 1.31 bits per heavy atom. The molecule has 0 radical (unpaired) electrons. The van der Waals surface area contributed by atoms with Gasteiger partial charge in [0.2, 0.25) is 10.0 Å². The summed E-state index contributed by atoms with van der Waals surface area (Å²) in [6.45, 7) is 7.45. The van der Waals surface area contributed by atoms with E-state index in [4.69, 9.17) is 9.47 Å². The van der Waals surface area contributed by atoms with E-state index >= 15 is 0 Å². The molecule has 2 fully saturated rings. The third-order valence-electron chi connectivity index (χ3n) is 4.65. The Labute approximate surface area is 157 Å². The van der Waals surface area contributed by atoms with Crippen LogP contribution in [0.25, 0.3) is 0 Å². The molecule has 152 valence electrons. The standard InChI is InChI=1S/C17H34N4O4S/c1-17(2,20-26(4,22)23)13-19-16(18-3)21-9-7-14(8-10-21)25-12-15-6-5-11-24-15/h14-15,20H,5-13H2,1-4H3,(H,18,19). The largest absolute Gasteiger partial charge is 0.376 e. The van der Waals surface area contributed by atoms with Crippen LogP contribution in [-0.4, -0.2) is 83.2 Å². The average Bonchev–Trinajstić information content (AvgIpc) is 3.05. The first-order chi connectivity index (χ1) is 12.2. The van der Waals surface area contributed by atoms with Crippen LogP contribution in [0, 0.1) is 0 Å². The molecule has 2 aliphatic rings. The number of aliphatic imine (C=N–C) groups is 1. The second-order valence-corrected chi connectivity index (χ2v) is 9.56. The molecule has 0 aromatic heterocycles. The Balaban J connectivity index is 1.73. The molecule has 0 aromatic rings. The van der Waals surface area contributed by atoms with E-state index in [1.165, 1.54) is 6.26 Å². The van der Waals surface area contributed by atoms with Crippen LogP contribution in [0.3, 0.4) is 0 Å². The first-order valence-corrected chi connectivity index (χ1v) is 11.3. The minimum Gasteiger partial charge on any atom is -0.376 e. The minimum atomic E-state index is -3.25. The van der Waals surface area contributed by atoms with Gasteiger partial charge >= 0.3 is 0 Å². The van der Waals surface area contributed by atoms with E-state index < -0.39 is 15.6 Å². The summed E-state index contributed by atoms with van der Waals surface area (Å²) in [4.78, 5) is 6.54. The Bertz CT molecular complexity index is 565. The summed E-state index contributed by atoms with van der Waals surface area (Å²) in [5.74, 6) is 0.797. The quantitative estimate of drug-likeness (QED) is 0.487. The highest BCUT2D eigenvalue weighted by Crippen LogP contribution is 2.18. The van der Waals surface area contributed by atoms with Crippen LogP contribution in [0.2, 0.25) is 0 Å². The zero-order valence-corrected chi connectivity index (χ0v) is 17.3. The summed E-state index contributed by atoms with van der Waals surface area (Å²) in [6.07, 6.45) is 5.87. The first kappa shape index (κ1) is 21.4. The molecular weight excluding hydrogens is 356 g/mol. The zero-order valence-electron chi connectivity index (χ0n) is 16.5. The van der Waals surface area contributed by atoms with E-state index in [1.807, 2.05) is 13.8 Å². The smallest absolute Gasteiger partial charge is 0.209 e. The van der Waals surface area contributed by atoms with E-state index in [9.17, 15) is 8.42 Å². The summed E-state index contributed by atoms with van der Waals surface area (Å²) >= 11 is 0. The van der Waals surface area contributed by atoms with Gasteiger partial charge in [0.05, 0.1) is 25.1 Å². The van der Waals surface area contributed by atoms with Gasteiger partial charge in [-0.3, -0.25) is 4.99 Å². The van der Waals surface area contributed by atoms with Crippen LogP contribution < -0.4 is 10.0 Å². The highest BCUT2D eigenvalue weighted by molar-refractivity contribution is 7.88. The van der Waals surface area contributed by atoms with Crippen LogP contribution in [0.15, 0.2) is 4.99 Å².